The van der Waals surface area contributed by atoms with Crippen LogP contribution in [0.25, 0.3) is 0 Å². The highest BCUT2D eigenvalue weighted by molar-refractivity contribution is 5.79. The maximum Gasteiger partial charge on any atom is 0.135 e. The minimum Gasteiger partial charge on any atom is -0.379 e. The van der Waals surface area contributed by atoms with E-state index in [1.165, 1.54) is 0 Å². The molecule has 2 unspecified atom stereocenters. The lowest BCUT2D eigenvalue weighted by Crippen LogP contribution is -2.45. The van der Waals surface area contributed by atoms with Crippen molar-refractivity contribution >= 4 is 12.1 Å². The van der Waals surface area contributed by atoms with Gasteiger partial charge in [-0.05, 0) is 59.9 Å². The molecule has 2 atom stereocenters. The zero-order valence-corrected chi connectivity index (χ0v) is 17.9. The Kier molecular flexibility index (Phi) is 17.6. The summed E-state index contributed by atoms with van der Waals surface area (Å²) in [6, 6.07) is 0. The van der Waals surface area contributed by atoms with Crippen LogP contribution in [0.5, 0.6) is 0 Å². The topological polar surface area (TPSA) is 49.9 Å². The van der Waals surface area contributed by atoms with Crippen LogP contribution in [-0.4, -0.2) is 75.4 Å². The second-order valence-electron chi connectivity index (χ2n) is 6.32. The van der Waals surface area contributed by atoms with Crippen molar-refractivity contribution in [1.29, 1.82) is 0 Å². The molecule has 0 aromatic carbocycles. The fraction of sp³-hybridized carbons (Fsp3) is 0.900. The van der Waals surface area contributed by atoms with Crippen LogP contribution in [0.2, 0.25) is 0 Å². The SMILES string of the molecule is CC.CC.CN1CCC(C=O)CC1.COC1CN(C)CCC1C(C)=O. The first kappa shape index (κ1) is 26.4. The number of likely N-dealkylation sites (N-methyl/N-ethyl adjacent to an activating group) is 1. The van der Waals surface area contributed by atoms with Gasteiger partial charge in [0, 0.05) is 25.5 Å². The molecule has 0 radical (unpaired) electrons. The summed E-state index contributed by atoms with van der Waals surface area (Å²) in [5.41, 5.74) is 0. The third-order valence-corrected chi connectivity index (χ3v) is 4.54. The highest BCUT2D eigenvalue weighted by atomic mass is 16.5. The summed E-state index contributed by atoms with van der Waals surface area (Å²) in [7, 11) is 5.84. The number of methoxy groups -OCH3 is 1. The molecule has 2 aliphatic rings. The molecule has 0 spiro atoms. The predicted molar refractivity (Wildman–Crippen MR) is 106 cm³/mol. The highest BCUT2D eigenvalue weighted by Crippen LogP contribution is 2.19. The lowest BCUT2D eigenvalue weighted by molar-refractivity contribution is -0.128. The molecule has 0 aromatic heterocycles. The van der Waals surface area contributed by atoms with Gasteiger partial charge in [0.15, 0.2) is 0 Å². The maximum atomic E-state index is 11.2. The Bertz CT molecular complexity index is 329. The lowest BCUT2D eigenvalue weighted by Gasteiger charge is -2.34. The number of nitrogens with zero attached hydrogens (tertiary/aromatic N) is 2. The fourth-order valence-electron chi connectivity index (χ4n) is 2.94. The molecular weight excluding hydrogens is 316 g/mol. The number of Topliss-reactive ketones (excluding diaryl/α,β-unsaturated/α-hetero) is 1. The highest BCUT2D eigenvalue weighted by Gasteiger charge is 2.30. The number of rotatable bonds is 3. The number of carbonyl (C=O) groups is 2. The first-order valence-electron chi connectivity index (χ1n) is 9.83. The van der Waals surface area contributed by atoms with Gasteiger partial charge in [0.05, 0.1) is 6.10 Å². The lowest BCUT2D eigenvalue weighted by atomic mass is 9.91. The molecule has 2 aliphatic heterocycles. The van der Waals surface area contributed by atoms with E-state index in [4.69, 9.17) is 4.74 Å². The average Bonchev–Trinajstić information content (AvgIpc) is 2.65. The molecule has 0 aromatic rings. The number of hydrogen-bond donors (Lipinski definition) is 0. The van der Waals surface area contributed by atoms with Gasteiger partial charge >= 0.3 is 0 Å². The zero-order valence-electron chi connectivity index (χ0n) is 17.9. The van der Waals surface area contributed by atoms with Gasteiger partial charge < -0.3 is 19.3 Å². The molecule has 0 N–H and O–H groups in total. The van der Waals surface area contributed by atoms with E-state index in [0.29, 0.717) is 5.92 Å². The van der Waals surface area contributed by atoms with Crippen molar-refractivity contribution in [3.05, 3.63) is 0 Å². The number of aldehydes is 1. The van der Waals surface area contributed by atoms with E-state index >= 15 is 0 Å². The number of likely N-dealkylation sites (tertiary alicyclic amines) is 2. The fourth-order valence-corrected chi connectivity index (χ4v) is 2.94. The second-order valence-corrected chi connectivity index (χ2v) is 6.32. The Morgan fingerprint density at radius 3 is 1.84 bits per heavy atom. The zero-order chi connectivity index (χ0) is 19.8. The van der Waals surface area contributed by atoms with Crippen molar-refractivity contribution < 1.29 is 14.3 Å². The van der Waals surface area contributed by atoms with E-state index in [1.807, 2.05) is 27.7 Å². The molecule has 2 saturated heterocycles. The summed E-state index contributed by atoms with van der Waals surface area (Å²) >= 11 is 0. The van der Waals surface area contributed by atoms with Crippen LogP contribution in [0.1, 0.15) is 53.9 Å². The largest absolute Gasteiger partial charge is 0.379 e. The Morgan fingerprint density at radius 1 is 0.960 bits per heavy atom. The molecule has 2 fully saturated rings. The normalized spacial score (nSPS) is 24.5. The average molecular weight is 359 g/mol. The number of ether oxygens (including phenoxy) is 1. The molecule has 0 bridgehead atoms. The molecular formula is C20H42N2O3. The molecule has 150 valence electrons. The van der Waals surface area contributed by atoms with Crippen molar-refractivity contribution in [3.63, 3.8) is 0 Å². The van der Waals surface area contributed by atoms with Crippen molar-refractivity contribution in [2.45, 2.75) is 60.0 Å². The van der Waals surface area contributed by atoms with E-state index < -0.39 is 0 Å². The van der Waals surface area contributed by atoms with Gasteiger partial charge in [-0.3, -0.25) is 4.79 Å². The molecule has 5 nitrogen and oxygen atoms in total. The van der Waals surface area contributed by atoms with Gasteiger partial charge in [-0.1, -0.05) is 27.7 Å². The van der Waals surface area contributed by atoms with Gasteiger partial charge in [0.1, 0.15) is 12.1 Å². The van der Waals surface area contributed by atoms with Crippen LogP contribution in [0, 0.1) is 11.8 Å². The summed E-state index contributed by atoms with van der Waals surface area (Å²) < 4.78 is 5.27. The Labute approximate surface area is 156 Å². The molecule has 25 heavy (non-hydrogen) atoms. The molecule has 2 heterocycles. The molecule has 0 amide bonds. The Balaban J connectivity index is 0. The quantitative estimate of drug-likeness (QED) is 0.726. The first-order valence-corrected chi connectivity index (χ1v) is 9.83. The third-order valence-electron chi connectivity index (χ3n) is 4.54. The van der Waals surface area contributed by atoms with Gasteiger partial charge in [0.2, 0.25) is 0 Å². The third kappa shape index (κ3) is 11.4. The van der Waals surface area contributed by atoms with Gasteiger partial charge in [0.25, 0.3) is 0 Å². The van der Waals surface area contributed by atoms with Gasteiger partial charge in [-0.15, -0.1) is 0 Å². The standard InChI is InChI=1S/C9H17NO2.C7H13NO.2C2H6/c1-7(11)8-4-5-10(2)6-9(8)12-3;1-8-4-2-7(6-9)3-5-8;2*1-2/h8-9H,4-6H2,1-3H3;6-7H,2-5H2,1H3;2*1-2H3. The van der Waals surface area contributed by atoms with Crippen molar-refractivity contribution in [2.24, 2.45) is 11.8 Å². The molecule has 5 heteroatoms. The summed E-state index contributed by atoms with van der Waals surface area (Å²) in [4.78, 5) is 25.9. The number of ketones is 1. The van der Waals surface area contributed by atoms with Crippen LogP contribution in [0.15, 0.2) is 0 Å². The minimum absolute atomic E-state index is 0.0984. The van der Waals surface area contributed by atoms with Crippen molar-refractivity contribution in [1.82, 2.24) is 9.80 Å². The summed E-state index contributed by atoms with van der Waals surface area (Å²) in [5.74, 6) is 0.724. The monoisotopic (exact) mass is 358 g/mol. The van der Waals surface area contributed by atoms with Crippen molar-refractivity contribution in [3.8, 4) is 0 Å². The van der Waals surface area contributed by atoms with E-state index in [2.05, 4.69) is 23.9 Å². The van der Waals surface area contributed by atoms with E-state index in [1.54, 1.807) is 14.0 Å². The Morgan fingerprint density at radius 2 is 1.44 bits per heavy atom. The maximum absolute atomic E-state index is 11.2. The van der Waals surface area contributed by atoms with Gasteiger partial charge in [-0.2, -0.15) is 0 Å². The van der Waals surface area contributed by atoms with Crippen LogP contribution >= 0.6 is 0 Å². The Hall–Kier alpha value is -0.780. The summed E-state index contributed by atoms with van der Waals surface area (Å²) in [6.45, 7) is 13.7. The van der Waals surface area contributed by atoms with Gasteiger partial charge in [-0.25, -0.2) is 0 Å². The molecule has 2 rings (SSSR count). The number of carbonyl (C=O) groups excluding carboxylic acids is 2. The van der Waals surface area contributed by atoms with E-state index in [0.717, 1.165) is 51.7 Å². The summed E-state index contributed by atoms with van der Waals surface area (Å²) in [5, 5.41) is 0. The van der Waals surface area contributed by atoms with Crippen LogP contribution in [-0.2, 0) is 14.3 Å². The van der Waals surface area contributed by atoms with Crippen LogP contribution < -0.4 is 0 Å². The molecule has 0 aliphatic carbocycles. The van der Waals surface area contributed by atoms with E-state index in [-0.39, 0.29) is 17.8 Å². The predicted octanol–water partition coefficient (Wildman–Crippen LogP) is 3.12. The smallest absolute Gasteiger partial charge is 0.135 e. The molecule has 0 saturated carbocycles. The number of piperidine rings is 2. The van der Waals surface area contributed by atoms with Crippen LogP contribution in [0.3, 0.4) is 0 Å². The first-order chi connectivity index (χ1) is 12.0. The second kappa shape index (κ2) is 16.7. The summed E-state index contributed by atoms with van der Waals surface area (Å²) in [6.07, 6.45) is 4.23. The van der Waals surface area contributed by atoms with Crippen molar-refractivity contribution in [2.75, 3.05) is 47.4 Å². The van der Waals surface area contributed by atoms with Crippen LogP contribution in [0.4, 0.5) is 0 Å². The van der Waals surface area contributed by atoms with E-state index in [9.17, 15) is 9.59 Å². The minimum atomic E-state index is 0.0984. The number of hydrogen-bond acceptors (Lipinski definition) is 5.